The molecule has 1 saturated heterocycles. The summed E-state index contributed by atoms with van der Waals surface area (Å²) in [6.45, 7) is 4.26. The van der Waals surface area contributed by atoms with E-state index in [9.17, 15) is 4.79 Å². The van der Waals surface area contributed by atoms with Crippen LogP contribution in [0.15, 0.2) is 24.3 Å². The third kappa shape index (κ3) is 3.88. The largest absolute Gasteiger partial charge is 0.492 e. The molecule has 1 amide bonds. The Morgan fingerprint density at radius 3 is 2.79 bits per heavy atom. The van der Waals surface area contributed by atoms with Crippen LogP contribution in [0.5, 0.6) is 5.75 Å². The van der Waals surface area contributed by atoms with Gasteiger partial charge in [0.2, 0.25) is 5.91 Å². The van der Waals surface area contributed by atoms with Crippen LogP contribution in [0.25, 0.3) is 0 Å². The number of amides is 1. The van der Waals surface area contributed by atoms with Gasteiger partial charge in [-0.05, 0) is 36.6 Å². The summed E-state index contributed by atoms with van der Waals surface area (Å²) in [4.78, 5) is 13.7. The van der Waals surface area contributed by atoms with Gasteiger partial charge in [0.1, 0.15) is 12.4 Å². The Kier molecular flexibility index (Phi) is 4.66. The van der Waals surface area contributed by atoms with Crippen molar-refractivity contribution in [3.63, 3.8) is 0 Å². The minimum Gasteiger partial charge on any atom is -0.492 e. The first-order valence-electron chi connectivity index (χ1n) is 6.95. The van der Waals surface area contributed by atoms with Crippen LogP contribution >= 0.6 is 0 Å². The van der Waals surface area contributed by atoms with Crippen molar-refractivity contribution in [2.45, 2.75) is 26.2 Å². The number of carbonyl (C=O) groups excluding carboxylic acids is 1. The zero-order valence-corrected chi connectivity index (χ0v) is 11.5. The molecule has 2 N–H and O–H groups in total. The molecule has 1 fully saturated rings. The van der Waals surface area contributed by atoms with Gasteiger partial charge in [0.05, 0.1) is 6.54 Å². The number of nitrogens with zero attached hydrogens (tertiary/aromatic N) is 1. The number of anilines is 1. The summed E-state index contributed by atoms with van der Waals surface area (Å²) in [7, 11) is 0. The van der Waals surface area contributed by atoms with Gasteiger partial charge >= 0.3 is 0 Å². The Balaban J connectivity index is 1.74. The van der Waals surface area contributed by atoms with E-state index >= 15 is 0 Å². The summed E-state index contributed by atoms with van der Waals surface area (Å²) in [5.74, 6) is 1.60. The molecule has 19 heavy (non-hydrogen) atoms. The first kappa shape index (κ1) is 13.7. The van der Waals surface area contributed by atoms with Crippen LogP contribution in [-0.2, 0) is 4.79 Å². The minimum absolute atomic E-state index is 0.263. The van der Waals surface area contributed by atoms with Gasteiger partial charge in [-0.1, -0.05) is 13.3 Å². The van der Waals surface area contributed by atoms with Crippen LogP contribution in [0.3, 0.4) is 0 Å². The lowest BCUT2D eigenvalue weighted by Gasteiger charge is -2.17. The molecular weight excluding hydrogens is 240 g/mol. The molecule has 2 rings (SSSR count). The molecule has 0 radical (unpaired) electrons. The van der Waals surface area contributed by atoms with Gasteiger partial charge in [0.15, 0.2) is 0 Å². The van der Waals surface area contributed by atoms with Crippen LogP contribution < -0.4 is 10.5 Å². The van der Waals surface area contributed by atoms with Gasteiger partial charge in [0.25, 0.3) is 0 Å². The lowest BCUT2D eigenvalue weighted by atomic mass is 10.0. The van der Waals surface area contributed by atoms with Crippen molar-refractivity contribution in [3.05, 3.63) is 24.3 Å². The molecule has 4 nitrogen and oxygen atoms in total. The smallest absolute Gasteiger partial charge is 0.223 e. The minimum atomic E-state index is 0.263. The van der Waals surface area contributed by atoms with Crippen molar-refractivity contribution in [1.82, 2.24) is 4.90 Å². The van der Waals surface area contributed by atoms with Gasteiger partial charge in [-0.2, -0.15) is 0 Å². The fourth-order valence-corrected chi connectivity index (χ4v) is 2.51. The monoisotopic (exact) mass is 262 g/mol. The number of nitrogen functional groups attached to an aromatic ring is 1. The van der Waals surface area contributed by atoms with E-state index in [4.69, 9.17) is 10.5 Å². The molecule has 1 aromatic carbocycles. The fourth-order valence-electron chi connectivity index (χ4n) is 2.51. The number of benzene rings is 1. The maximum absolute atomic E-state index is 11.8. The molecule has 0 aromatic heterocycles. The van der Waals surface area contributed by atoms with E-state index in [1.165, 1.54) is 0 Å². The molecule has 0 saturated carbocycles. The van der Waals surface area contributed by atoms with E-state index in [-0.39, 0.29) is 5.91 Å². The highest BCUT2D eigenvalue weighted by Gasteiger charge is 2.28. The topological polar surface area (TPSA) is 55.6 Å². The molecule has 4 heteroatoms. The number of nitrogens with two attached hydrogens (primary N) is 1. The normalized spacial score (nSPS) is 18.9. The molecule has 104 valence electrons. The number of rotatable bonds is 6. The highest BCUT2D eigenvalue weighted by atomic mass is 16.5. The Bertz CT molecular complexity index is 417. The quantitative estimate of drug-likeness (QED) is 0.800. The second-order valence-corrected chi connectivity index (χ2v) is 5.12. The van der Waals surface area contributed by atoms with E-state index in [1.807, 2.05) is 29.2 Å². The number of carbonyl (C=O) groups is 1. The predicted octanol–water partition coefficient (Wildman–Crippen LogP) is 2.30. The Morgan fingerprint density at radius 2 is 2.11 bits per heavy atom. The molecule has 1 unspecified atom stereocenters. The van der Waals surface area contributed by atoms with E-state index in [2.05, 4.69) is 6.92 Å². The van der Waals surface area contributed by atoms with Crippen molar-refractivity contribution in [1.29, 1.82) is 0 Å². The third-order valence-electron chi connectivity index (χ3n) is 3.50. The SMILES string of the molecule is CCCC1CC(=O)N(CCOc2ccc(N)cc2)C1. The van der Waals surface area contributed by atoms with Gasteiger partial charge in [0, 0.05) is 18.7 Å². The van der Waals surface area contributed by atoms with Crippen LogP contribution in [0.4, 0.5) is 5.69 Å². The fraction of sp³-hybridized carbons (Fsp3) is 0.533. The average molecular weight is 262 g/mol. The molecule has 0 spiro atoms. The number of hydrogen-bond acceptors (Lipinski definition) is 3. The molecule has 1 aliphatic heterocycles. The van der Waals surface area contributed by atoms with E-state index in [1.54, 1.807) is 0 Å². The zero-order valence-electron chi connectivity index (χ0n) is 11.5. The average Bonchev–Trinajstić information content (AvgIpc) is 2.73. The Labute approximate surface area is 114 Å². The van der Waals surface area contributed by atoms with Crippen molar-refractivity contribution in [2.24, 2.45) is 5.92 Å². The van der Waals surface area contributed by atoms with Crippen LogP contribution in [0, 0.1) is 5.92 Å². The standard InChI is InChI=1S/C15H22N2O2/c1-2-3-12-10-15(18)17(11-12)8-9-19-14-6-4-13(16)5-7-14/h4-7,12H,2-3,8-11,16H2,1H3. The summed E-state index contributed by atoms with van der Waals surface area (Å²) in [6, 6.07) is 7.32. The van der Waals surface area contributed by atoms with Crippen molar-refractivity contribution < 1.29 is 9.53 Å². The first-order valence-corrected chi connectivity index (χ1v) is 6.95. The second-order valence-electron chi connectivity index (χ2n) is 5.12. The van der Waals surface area contributed by atoms with Crippen LogP contribution in [0.1, 0.15) is 26.2 Å². The number of likely N-dealkylation sites (tertiary alicyclic amines) is 1. The summed E-state index contributed by atoms with van der Waals surface area (Å²) in [5.41, 5.74) is 6.33. The molecule has 0 bridgehead atoms. The maximum atomic E-state index is 11.8. The summed E-state index contributed by atoms with van der Waals surface area (Å²) in [6.07, 6.45) is 2.99. The maximum Gasteiger partial charge on any atom is 0.223 e. The molecular formula is C15H22N2O2. The summed E-state index contributed by atoms with van der Waals surface area (Å²) >= 11 is 0. The predicted molar refractivity (Wildman–Crippen MR) is 75.9 cm³/mol. The molecule has 1 heterocycles. The Morgan fingerprint density at radius 1 is 1.37 bits per heavy atom. The Hall–Kier alpha value is -1.71. The number of ether oxygens (including phenoxy) is 1. The van der Waals surface area contributed by atoms with E-state index < -0.39 is 0 Å². The van der Waals surface area contributed by atoms with Gasteiger partial charge in [-0.25, -0.2) is 0 Å². The molecule has 0 aliphatic carbocycles. The molecule has 1 atom stereocenters. The lowest BCUT2D eigenvalue weighted by Crippen LogP contribution is -2.29. The van der Waals surface area contributed by atoms with E-state index in [0.717, 1.165) is 30.8 Å². The second kappa shape index (κ2) is 6.45. The van der Waals surface area contributed by atoms with Crippen molar-refractivity contribution >= 4 is 11.6 Å². The van der Waals surface area contributed by atoms with Crippen LogP contribution in [-0.4, -0.2) is 30.5 Å². The zero-order chi connectivity index (χ0) is 13.7. The lowest BCUT2D eigenvalue weighted by molar-refractivity contribution is -0.128. The van der Waals surface area contributed by atoms with Crippen molar-refractivity contribution in [2.75, 3.05) is 25.4 Å². The van der Waals surface area contributed by atoms with Crippen molar-refractivity contribution in [3.8, 4) is 5.75 Å². The van der Waals surface area contributed by atoms with Gasteiger partial charge < -0.3 is 15.4 Å². The number of hydrogen-bond donors (Lipinski definition) is 1. The summed E-state index contributed by atoms with van der Waals surface area (Å²) < 4.78 is 5.62. The van der Waals surface area contributed by atoms with Gasteiger partial charge in [-0.15, -0.1) is 0 Å². The highest BCUT2D eigenvalue weighted by Crippen LogP contribution is 2.22. The van der Waals surface area contributed by atoms with E-state index in [0.29, 0.717) is 25.5 Å². The summed E-state index contributed by atoms with van der Waals surface area (Å²) in [5, 5.41) is 0. The molecule has 1 aliphatic rings. The highest BCUT2D eigenvalue weighted by molar-refractivity contribution is 5.78. The van der Waals surface area contributed by atoms with Crippen LogP contribution in [0.2, 0.25) is 0 Å². The molecule has 1 aromatic rings. The van der Waals surface area contributed by atoms with Gasteiger partial charge in [-0.3, -0.25) is 4.79 Å². The first-order chi connectivity index (χ1) is 9.19. The third-order valence-corrected chi connectivity index (χ3v) is 3.50.